The highest BCUT2D eigenvalue weighted by Crippen LogP contribution is 2.29. The molecule has 1 aliphatic rings. The predicted molar refractivity (Wildman–Crippen MR) is 116 cm³/mol. The molecule has 1 saturated heterocycles. The fraction of sp³-hybridized carbons (Fsp3) is 0.318. The fourth-order valence-corrected chi connectivity index (χ4v) is 3.82. The average Bonchev–Trinajstić information content (AvgIpc) is 2.77. The Morgan fingerprint density at radius 2 is 2.00 bits per heavy atom. The van der Waals surface area contributed by atoms with E-state index in [1.165, 1.54) is 12.1 Å². The second kappa shape index (κ2) is 8.52. The molecule has 0 bridgehead atoms. The summed E-state index contributed by atoms with van der Waals surface area (Å²) in [5.74, 6) is 0.392. The van der Waals surface area contributed by atoms with E-state index in [4.69, 9.17) is 0 Å². The molecule has 0 radical (unpaired) electrons. The minimum Gasteiger partial charge on any atom is -0.376 e. The van der Waals surface area contributed by atoms with Crippen LogP contribution in [-0.4, -0.2) is 53.0 Å². The summed E-state index contributed by atoms with van der Waals surface area (Å²) in [6.07, 6.45) is -3.58. The first-order valence-electron chi connectivity index (χ1n) is 10.2. The molecule has 0 aliphatic carbocycles. The van der Waals surface area contributed by atoms with Crippen molar-refractivity contribution < 1.29 is 18.0 Å². The van der Waals surface area contributed by atoms with Crippen molar-refractivity contribution in [2.24, 2.45) is 0 Å². The molecule has 32 heavy (non-hydrogen) atoms. The smallest absolute Gasteiger partial charge is 0.376 e. The van der Waals surface area contributed by atoms with Crippen molar-refractivity contribution in [2.45, 2.75) is 19.1 Å². The summed E-state index contributed by atoms with van der Waals surface area (Å²) in [6.45, 7) is 3.42. The highest BCUT2D eigenvalue weighted by atomic mass is 19.4. The van der Waals surface area contributed by atoms with Crippen LogP contribution in [0.25, 0.3) is 10.9 Å². The summed E-state index contributed by atoms with van der Waals surface area (Å²) in [7, 11) is 0. The molecule has 1 amide bonds. The Hall–Kier alpha value is -3.56. The molecule has 168 valence electrons. The minimum atomic E-state index is -4.42. The molecule has 1 aromatic carbocycles. The second-order valence-electron chi connectivity index (χ2n) is 7.76. The number of aromatic nitrogens is 2. The highest BCUT2D eigenvalue weighted by molar-refractivity contribution is 5.85. The van der Waals surface area contributed by atoms with Crippen LogP contribution in [0.3, 0.4) is 0 Å². The lowest BCUT2D eigenvalue weighted by Gasteiger charge is -2.40. The van der Waals surface area contributed by atoms with Crippen molar-refractivity contribution in [1.82, 2.24) is 14.9 Å². The van der Waals surface area contributed by atoms with E-state index in [1.807, 2.05) is 17.9 Å². The Bertz CT molecular complexity index is 1180. The van der Waals surface area contributed by atoms with Gasteiger partial charge in [-0.05, 0) is 43.3 Å². The number of aromatic amines is 1. The lowest BCUT2D eigenvalue weighted by atomic mass is 10.1. The van der Waals surface area contributed by atoms with Crippen LogP contribution < -0.4 is 15.8 Å². The van der Waals surface area contributed by atoms with E-state index in [-0.39, 0.29) is 24.1 Å². The molecule has 2 N–H and O–H groups in total. The number of anilines is 2. The van der Waals surface area contributed by atoms with E-state index in [2.05, 4.69) is 15.3 Å². The van der Waals surface area contributed by atoms with Crippen molar-refractivity contribution in [3.63, 3.8) is 0 Å². The molecular formula is C22H22F3N5O2. The van der Waals surface area contributed by atoms with Gasteiger partial charge in [-0.2, -0.15) is 13.2 Å². The standard InChI is InChI=1S/C22H22F3N5O2/c1-14-13-29(19-6-3-16(11-27-19)22(23,24)25)8-9-30(14)21(32)12-26-17-4-5-18-15(10-17)2-7-20(31)28-18/h2-7,10-11,14,26H,8-9,12-13H2,1H3,(H,28,31). The van der Waals surface area contributed by atoms with E-state index < -0.39 is 11.7 Å². The lowest BCUT2D eigenvalue weighted by molar-refractivity contribution is -0.138. The van der Waals surface area contributed by atoms with Crippen molar-refractivity contribution in [2.75, 3.05) is 36.4 Å². The topological polar surface area (TPSA) is 81.3 Å². The first kappa shape index (κ1) is 21.7. The van der Waals surface area contributed by atoms with Gasteiger partial charge in [-0.1, -0.05) is 0 Å². The predicted octanol–water partition coefficient (Wildman–Crippen LogP) is 3.09. The zero-order valence-corrected chi connectivity index (χ0v) is 17.3. The number of fused-ring (bicyclic) bond motifs is 1. The first-order chi connectivity index (χ1) is 15.2. The summed E-state index contributed by atoms with van der Waals surface area (Å²) < 4.78 is 38.2. The van der Waals surface area contributed by atoms with Crippen LogP contribution in [-0.2, 0) is 11.0 Å². The van der Waals surface area contributed by atoms with Crippen LogP contribution in [0.4, 0.5) is 24.7 Å². The van der Waals surface area contributed by atoms with Gasteiger partial charge in [0.1, 0.15) is 5.82 Å². The summed E-state index contributed by atoms with van der Waals surface area (Å²) >= 11 is 0. The van der Waals surface area contributed by atoms with Gasteiger partial charge in [0.15, 0.2) is 0 Å². The summed E-state index contributed by atoms with van der Waals surface area (Å²) in [5.41, 5.74) is 0.524. The zero-order valence-electron chi connectivity index (χ0n) is 17.3. The Morgan fingerprint density at radius 1 is 1.19 bits per heavy atom. The molecule has 7 nitrogen and oxygen atoms in total. The number of pyridine rings is 2. The molecule has 1 unspecified atom stereocenters. The molecule has 1 fully saturated rings. The SMILES string of the molecule is CC1CN(c2ccc(C(F)(F)F)cn2)CCN1C(=O)CNc1ccc2[nH]c(=O)ccc2c1. The number of amides is 1. The molecule has 10 heteroatoms. The molecule has 3 heterocycles. The largest absolute Gasteiger partial charge is 0.417 e. The molecular weight excluding hydrogens is 423 g/mol. The van der Waals surface area contributed by atoms with Crippen LogP contribution in [0.2, 0.25) is 0 Å². The number of hydrogen-bond acceptors (Lipinski definition) is 5. The second-order valence-corrected chi connectivity index (χ2v) is 7.76. The molecule has 1 atom stereocenters. The number of halogens is 3. The van der Waals surface area contributed by atoms with Gasteiger partial charge < -0.3 is 20.1 Å². The summed E-state index contributed by atoms with van der Waals surface area (Å²) in [6, 6.07) is 10.9. The third kappa shape index (κ3) is 4.68. The minimum absolute atomic E-state index is 0.0703. The summed E-state index contributed by atoms with van der Waals surface area (Å²) in [4.78, 5) is 34.5. The van der Waals surface area contributed by atoms with Gasteiger partial charge in [0.2, 0.25) is 11.5 Å². The van der Waals surface area contributed by atoms with Gasteiger partial charge >= 0.3 is 6.18 Å². The van der Waals surface area contributed by atoms with Gasteiger partial charge in [-0.15, -0.1) is 0 Å². The Kier molecular flexibility index (Phi) is 5.77. The van der Waals surface area contributed by atoms with Crippen molar-refractivity contribution in [3.05, 3.63) is 64.6 Å². The third-order valence-corrected chi connectivity index (χ3v) is 5.51. The van der Waals surface area contributed by atoms with Crippen molar-refractivity contribution in [3.8, 4) is 0 Å². The van der Waals surface area contributed by atoms with Crippen LogP contribution >= 0.6 is 0 Å². The van der Waals surface area contributed by atoms with Crippen LogP contribution in [0.15, 0.2) is 53.5 Å². The Labute approximate surface area is 181 Å². The maximum absolute atomic E-state index is 12.7. The lowest BCUT2D eigenvalue weighted by Crippen LogP contribution is -2.55. The summed E-state index contributed by atoms with van der Waals surface area (Å²) in [5, 5.41) is 3.97. The van der Waals surface area contributed by atoms with E-state index >= 15 is 0 Å². The van der Waals surface area contributed by atoms with E-state index in [0.29, 0.717) is 25.5 Å². The van der Waals surface area contributed by atoms with Crippen molar-refractivity contribution in [1.29, 1.82) is 0 Å². The number of carbonyl (C=O) groups excluding carboxylic acids is 1. The molecule has 1 aliphatic heterocycles. The first-order valence-corrected chi connectivity index (χ1v) is 10.2. The van der Waals surface area contributed by atoms with E-state index in [0.717, 1.165) is 28.9 Å². The van der Waals surface area contributed by atoms with E-state index in [9.17, 15) is 22.8 Å². The van der Waals surface area contributed by atoms with Gasteiger partial charge in [0.25, 0.3) is 0 Å². The number of carbonyl (C=O) groups is 1. The number of alkyl halides is 3. The molecule has 2 aromatic heterocycles. The van der Waals surface area contributed by atoms with Gasteiger partial charge in [-0.3, -0.25) is 9.59 Å². The number of H-pyrrole nitrogens is 1. The fourth-order valence-electron chi connectivity index (χ4n) is 3.82. The Morgan fingerprint density at radius 3 is 2.69 bits per heavy atom. The molecule has 4 rings (SSSR count). The van der Waals surface area contributed by atoms with Crippen LogP contribution in [0.1, 0.15) is 12.5 Å². The molecule has 0 spiro atoms. The average molecular weight is 445 g/mol. The number of piperazine rings is 1. The maximum Gasteiger partial charge on any atom is 0.417 e. The normalized spacial score (nSPS) is 16.9. The number of nitrogens with zero attached hydrogens (tertiary/aromatic N) is 3. The monoisotopic (exact) mass is 445 g/mol. The number of rotatable bonds is 4. The number of benzene rings is 1. The molecule has 0 saturated carbocycles. The quantitative estimate of drug-likeness (QED) is 0.645. The number of hydrogen-bond donors (Lipinski definition) is 2. The van der Waals surface area contributed by atoms with Crippen LogP contribution in [0.5, 0.6) is 0 Å². The van der Waals surface area contributed by atoms with Gasteiger partial charge in [0.05, 0.1) is 12.1 Å². The number of nitrogens with one attached hydrogen (secondary N) is 2. The highest BCUT2D eigenvalue weighted by Gasteiger charge is 2.32. The van der Waals surface area contributed by atoms with Crippen molar-refractivity contribution >= 4 is 28.3 Å². The molecule has 3 aromatic rings. The van der Waals surface area contributed by atoms with Gasteiger partial charge in [-0.25, -0.2) is 4.98 Å². The third-order valence-electron chi connectivity index (χ3n) is 5.51. The zero-order chi connectivity index (χ0) is 22.9. The van der Waals surface area contributed by atoms with Crippen LogP contribution in [0, 0.1) is 0 Å². The Balaban J connectivity index is 1.34. The van der Waals surface area contributed by atoms with E-state index in [1.54, 1.807) is 23.1 Å². The van der Waals surface area contributed by atoms with Gasteiger partial charge in [0, 0.05) is 54.5 Å². The maximum atomic E-state index is 12.7.